The van der Waals surface area contributed by atoms with Crippen molar-refractivity contribution in [3.05, 3.63) is 39.2 Å². The van der Waals surface area contributed by atoms with Gasteiger partial charge in [-0.05, 0) is 25.0 Å². The van der Waals surface area contributed by atoms with E-state index in [4.69, 9.17) is 5.26 Å². The second-order valence-electron chi connectivity index (χ2n) is 5.37. The summed E-state index contributed by atoms with van der Waals surface area (Å²) in [6, 6.07) is 5.25. The van der Waals surface area contributed by atoms with E-state index in [1.165, 1.54) is 15.3 Å². The standard InChI is InChI=1S/C15H16N4O2/c16-8-10-18-13-12(7-4-9-17-13)14(20)19(15(18)21)11-5-2-1-3-6-11/h4,7,9,11H,1-3,5-6,10H2. The number of hydrogen-bond acceptors (Lipinski definition) is 4. The summed E-state index contributed by atoms with van der Waals surface area (Å²) >= 11 is 0. The Kier molecular flexibility index (Phi) is 3.57. The van der Waals surface area contributed by atoms with Crippen LogP contribution in [0.5, 0.6) is 0 Å². The molecule has 108 valence electrons. The third kappa shape index (κ3) is 2.25. The van der Waals surface area contributed by atoms with Gasteiger partial charge in [0.25, 0.3) is 5.56 Å². The second-order valence-corrected chi connectivity index (χ2v) is 5.37. The Bertz CT molecular complexity index is 822. The van der Waals surface area contributed by atoms with Crippen LogP contribution in [0.4, 0.5) is 0 Å². The van der Waals surface area contributed by atoms with Crippen molar-refractivity contribution in [2.75, 3.05) is 0 Å². The molecule has 2 aromatic rings. The Hall–Kier alpha value is -2.42. The molecule has 0 spiro atoms. The highest BCUT2D eigenvalue weighted by Gasteiger charge is 2.22. The zero-order valence-corrected chi connectivity index (χ0v) is 11.7. The summed E-state index contributed by atoms with van der Waals surface area (Å²) in [5.41, 5.74) is -0.412. The lowest BCUT2D eigenvalue weighted by Crippen LogP contribution is -2.43. The first-order valence-electron chi connectivity index (χ1n) is 7.21. The van der Waals surface area contributed by atoms with Gasteiger partial charge in [0.05, 0.1) is 11.5 Å². The van der Waals surface area contributed by atoms with Crippen LogP contribution >= 0.6 is 0 Å². The lowest BCUT2D eigenvalue weighted by molar-refractivity contribution is 0.333. The zero-order valence-electron chi connectivity index (χ0n) is 11.7. The predicted molar refractivity (Wildman–Crippen MR) is 78.0 cm³/mol. The zero-order chi connectivity index (χ0) is 14.8. The first-order chi connectivity index (χ1) is 10.2. The molecule has 0 unspecified atom stereocenters. The maximum Gasteiger partial charge on any atom is 0.333 e. The molecule has 6 heteroatoms. The fourth-order valence-corrected chi connectivity index (χ4v) is 3.09. The van der Waals surface area contributed by atoms with Crippen molar-refractivity contribution in [1.29, 1.82) is 5.26 Å². The van der Waals surface area contributed by atoms with Crippen molar-refractivity contribution in [2.24, 2.45) is 0 Å². The number of nitriles is 1. The average Bonchev–Trinajstić information content (AvgIpc) is 2.53. The highest BCUT2D eigenvalue weighted by atomic mass is 16.2. The first-order valence-corrected chi connectivity index (χ1v) is 7.21. The van der Waals surface area contributed by atoms with Crippen LogP contribution in [-0.4, -0.2) is 14.1 Å². The van der Waals surface area contributed by atoms with Gasteiger partial charge in [0, 0.05) is 12.2 Å². The Labute approximate surface area is 121 Å². The number of hydrogen-bond donors (Lipinski definition) is 0. The molecule has 2 aromatic heterocycles. The number of fused-ring (bicyclic) bond motifs is 1. The van der Waals surface area contributed by atoms with Crippen molar-refractivity contribution < 1.29 is 0 Å². The maximum absolute atomic E-state index is 12.6. The molecule has 1 fully saturated rings. The van der Waals surface area contributed by atoms with Gasteiger partial charge in [-0.25, -0.2) is 9.78 Å². The van der Waals surface area contributed by atoms with Gasteiger partial charge in [-0.15, -0.1) is 0 Å². The molecule has 0 saturated heterocycles. The van der Waals surface area contributed by atoms with Gasteiger partial charge >= 0.3 is 5.69 Å². The largest absolute Gasteiger partial charge is 0.333 e. The van der Waals surface area contributed by atoms with Gasteiger partial charge in [0.1, 0.15) is 12.2 Å². The minimum atomic E-state index is -0.417. The molecule has 0 aliphatic heterocycles. The SMILES string of the molecule is N#CCn1c(=O)n(C2CCCCC2)c(=O)c2cccnc21. The molecule has 1 aliphatic rings. The third-order valence-electron chi connectivity index (χ3n) is 4.10. The molecule has 1 aliphatic carbocycles. The lowest BCUT2D eigenvalue weighted by atomic mass is 9.95. The first kappa shape index (κ1) is 13.6. The van der Waals surface area contributed by atoms with Crippen LogP contribution in [0.2, 0.25) is 0 Å². The van der Waals surface area contributed by atoms with E-state index in [1.54, 1.807) is 12.1 Å². The van der Waals surface area contributed by atoms with Crippen LogP contribution < -0.4 is 11.2 Å². The van der Waals surface area contributed by atoms with Crippen molar-refractivity contribution in [3.8, 4) is 6.07 Å². The molecule has 0 bridgehead atoms. The molecular weight excluding hydrogens is 268 g/mol. The molecular formula is C15H16N4O2. The fraction of sp³-hybridized carbons (Fsp3) is 0.467. The van der Waals surface area contributed by atoms with Crippen LogP contribution in [0.1, 0.15) is 38.1 Å². The molecule has 0 amide bonds. The average molecular weight is 284 g/mol. The summed E-state index contributed by atoms with van der Waals surface area (Å²) in [7, 11) is 0. The van der Waals surface area contributed by atoms with E-state index in [1.807, 2.05) is 6.07 Å². The molecule has 2 heterocycles. The lowest BCUT2D eigenvalue weighted by Gasteiger charge is -2.24. The van der Waals surface area contributed by atoms with Gasteiger partial charge in [0.15, 0.2) is 0 Å². The van der Waals surface area contributed by atoms with Crippen molar-refractivity contribution in [3.63, 3.8) is 0 Å². The van der Waals surface area contributed by atoms with Gasteiger partial charge in [-0.3, -0.25) is 13.9 Å². The molecule has 21 heavy (non-hydrogen) atoms. The Balaban J connectivity index is 2.32. The summed E-state index contributed by atoms with van der Waals surface area (Å²) in [6.07, 6.45) is 6.41. The molecule has 1 saturated carbocycles. The van der Waals surface area contributed by atoms with E-state index in [9.17, 15) is 9.59 Å². The van der Waals surface area contributed by atoms with E-state index in [2.05, 4.69) is 4.98 Å². The van der Waals surface area contributed by atoms with Crippen LogP contribution in [-0.2, 0) is 6.54 Å². The smallest absolute Gasteiger partial charge is 0.268 e. The summed E-state index contributed by atoms with van der Waals surface area (Å²) in [5.74, 6) is 0. The van der Waals surface area contributed by atoms with Crippen LogP contribution in [0, 0.1) is 11.3 Å². The van der Waals surface area contributed by atoms with E-state index in [0.29, 0.717) is 11.0 Å². The predicted octanol–water partition coefficient (Wildman–Crippen LogP) is 1.59. The van der Waals surface area contributed by atoms with E-state index in [-0.39, 0.29) is 18.1 Å². The number of aromatic nitrogens is 3. The molecule has 3 rings (SSSR count). The summed E-state index contributed by atoms with van der Waals surface area (Å²) in [6.45, 7) is -0.0979. The number of nitrogens with zero attached hydrogens (tertiary/aromatic N) is 4. The van der Waals surface area contributed by atoms with Crippen LogP contribution in [0.15, 0.2) is 27.9 Å². The molecule has 0 atom stereocenters. The highest BCUT2D eigenvalue weighted by molar-refractivity contribution is 5.73. The summed E-state index contributed by atoms with van der Waals surface area (Å²) < 4.78 is 2.63. The summed E-state index contributed by atoms with van der Waals surface area (Å²) in [5, 5.41) is 9.35. The van der Waals surface area contributed by atoms with Gasteiger partial charge in [0.2, 0.25) is 0 Å². The Morgan fingerprint density at radius 3 is 2.76 bits per heavy atom. The van der Waals surface area contributed by atoms with Gasteiger partial charge in [-0.2, -0.15) is 5.26 Å². The minimum Gasteiger partial charge on any atom is -0.268 e. The van der Waals surface area contributed by atoms with Gasteiger partial charge in [-0.1, -0.05) is 19.3 Å². The van der Waals surface area contributed by atoms with E-state index >= 15 is 0 Å². The quantitative estimate of drug-likeness (QED) is 0.838. The molecule has 0 aromatic carbocycles. The maximum atomic E-state index is 12.6. The van der Waals surface area contributed by atoms with E-state index in [0.717, 1.165) is 32.1 Å². The highest BCUT2D eigenvalue weighted by Crippen LogP contribution is 2.26. The number of pyridine rings is 1. The molecule has 0 radical (unpaired) electrons. The second kappa shape index (κ2) is 5.52. The van der Waals surface area contributed by atoms with Crippen LogP contribution in [0.25, 0.3) is 11.0 Å². The fourth-order valence-electron chi connectivity index (χ4n) is 3.09. The molecule has 0 N–H and O–H groups in total. The van der Waals surface area contributed by atoms with Gasteiger partial charge < -0.3 is 0 Å². The minimum absolute atomic E-state index is 0.0618. The Morgan fingerprint density at radius 1 is 1.29 bits per heavy atom. The van der Waals surface area contributed by atoms with Crippen molar-refractivity contribution in [2.45, 2.75) is 44.7 Å². The van der Waals surface area contributed by atoms with Crippen LogP contribution in [0.3, 0.4) is 0 Å². The normalized spacial score (nSPS) is 16.0. The van der Waals surface area contributed by atoms with E-state index < -0.39 is 5.69 Å². The monoisotopic (exact) mass is 284 g/mol. The third-order valence-corrected chi connectivity index (χ3v) is 4.10. The number of rotatable bonds is 2. The topological polar surface area (TPSA) is 80.7 Å². The summed E-state index contributed by atoms with van der Waals surface area (Å²) in [4.78, 5) is 29.4. The van der Waals surface area contributed by atoms with Crippen molar-refractivity contribution >= 4 is 11.0 Å². The Morgan fingerprint density at radius 2 is 2.05 bits per heavy atom. The molecule has 6 nitrogen and oxygen atoms in total. The van der Waals surface area contributed by atoms with Crippen molar-refractivity contribution in [1.82, 2.24) is 14.1 Å².